The highest BCUT2D eigenvalue weighted by Gasteiger charge is 2.15. The van der Waals surface area contributed by atoms with E-state index < -0.39 is 0 Å². The SMILES string of the molecule is Cc1occc1-c1nnc(SCC(=O)N(C)CCOc2ccc(Br)cc2)o1. The number of ether oxygens (including phenoxy) is 1. The van der Waals surface area contributed by atoms with E-state index in [1.807, 2.05) is 31.2 Å². The molecule has 0 spiro atoms. The van der Waals surface area contributed by atoms with Crippen LogP contribution in [0.25, 0.3) is 11.5 Å². The minimum Gasteiger partial charge on any atom is -0.492 e. The van der Waals surface area contributed by atoms with E-state index in [0.29, 0.717) is 30.0 Å². The number of rotatable bonds is 8. The Morgan fingerprint density at radius 2 is 2.04 bits per heavy atom. The van der Waals surface area contributed by atoms with Crippen LogP contribution < -0.4 is 4.74 Å². The Morgan fingerprint density at radius 3 is 2.74 bits per heavy atom. The van der Waals surface area contributed by atoms with Crippen LogP contribution in [-0.2, 0) is 4.79 Å². The molecule has 0 aliphatic heterocycles. The van der Waals surface area contributed by atoms with E-state index in [1.165, 1.54) is 11.8 Å². The molecule has 0 saturated heterocycles. The normalized spacial score (nSPS) is 10.8. The fourth-order valence-corrected chi connectivity index (χ4v) is 3.14. The highest BCUT2D eigenvalue weighted by atomic mass is 79.9. The summed E-state index contributed by atoms with van der Waals surface area (Å²) in [5, 5.41) is 8.29. The van der Waals surface area contributed by atoms with Gasteiger partial charge in [0.25, 0.3) is 11.1 Å². The number of hydrogen-bond donors (Lipinski definition) is 0. The number of nitrogens with zero attached hydrogens (tertiary/aromatic N) is 3. The summed E-state index contributed by atoms with van der Waals surface area (Å²) in [5.41, 5.74) is 0.753. The first kappa shape index (κ1) is 19.5. The molecular weight excluding hydrogens is 434 g/mol. The Labute approximate surface area is 169 Å². The van der Waals surface area contributed by atoms with Crippen LogP contribution in [-0.4, -0.2) is 47.0 Å². The summed E-state index contributed by atoms with van der Waals surface area (Å²) in [6.45, 7) is 2.72. The number of aryl methyl sites for hydroxylation is 1. The molecule has 1 amide bonds. The lowest BCUT2D eigenvalue weighted by molar-refractivity contribution is -0.127. The maximum atomic E-state index is 12.2. The molecule has 27 heavy (non-hydrogen) atoms. The first-order valence-electron chi connectivity index (χ1n) is 8.16. The van der Waals surface area contributed by atoms with Gasteiger partial charge in [-0.15, -0.1) is 10.2 Å². The number of halogens is 1. The van der Waals surface area contributed by atoms with Crippen molar-refractivity contribution in [2.24, 2.45) is 0 Å². The summed E-state index contributed by atoms with van der Waals surface area (Å²) in [4.78, 5) is 13.8. The van der Waals surface area contributed by atoms with Crippen molar-refractivity contribution in [2.75, 3.05) is 26.0 Å². The number of hydrogen-bond acceptors (Lipinski definition) is 7. The van der Waals surface area contributed by atoms with Gasteiger partial charge in [0.05, 0.1) is 24.1 Å². The molecule has 142 valence electrons. The van der Waals surface area contributed by atoms with Gasteiger partial charge in [-0.2, -0.15) is 0 Å². The molecule has 0 aliphatic rings. The lowest BCUT2D eigenvalue weighted by Crippen LogP contribution is -2.32. The van der Waals surface area contributed by atoms with Crippen molar-refractivity contribution in [3.63, 3.8) is 0 Å². The molecule has 0 N–H and O–H groups in total. The van der Waals surface area contributed by atoms with E-state index in [-0.39, 0.29) is 11.7 Å². The van der Waals surface area contributed by atoms with Gasteiger partial charge in [-0.05, 0) is 37.3 Å². The van der Waals surface area contributed by atoms with Crippen molar-refractivity contribution in [3.05, 3.63) is 46.8 Å². The van der Waals surface area contributed by atoms with Crippen LogP contribution in [0.2, 0.25) is 0 Å². The predicted octanol–water partition coefficient (Wildman–Crippen LogP) is 4.03. The maximum Gasteiger partial charge on any atom is 0.277 e. The van der Waals surface area contributed by atoms with E-state index in [4.69, 9.17) is 13.6 Å². The van der Waals surface area contributed by atoms with Crippen molar-refractivity contribution in [1.29, 1.82) is 0 Å². The molecule has 7 nitrogen and oxygen atoms in total. The van der Waals surface area contributed by atoms with Crippen LogP contribution in [0.3, 0.4) is 0 Å². The fourth-order valence-electron chi connectivity index (χ4n) is 2.17. The molecule has 0 radical (unpaired) electrons. The summed E-state index contributed by atoms with van der Waals surface area (Å²) in [6, 6.07) is 9.32. The van der Waals surface area contributed by atoms with E-state index in [0.717, 1.165) is 15.8 Å². The van der Waals surface area contributed by atoms with Crippen molar-refractivity contribution < 1.29 is 18.4 Å². The van der Waals surface area contributed by atoms with Crippen molar-refractivity contribution >= 4 is 33.6 Å². The third kappa shape index (κ3) is 5.36. The lowest BCUT2D eigenvalue weighted by Gasteiger charge is -2.16. The van der Waals surface area contributed by atoms with Crippen molar-refractivity contribution in [1.82, 2.24) is 15.1 Å². The van der Waals surface area contributed by atoms with Gasteiger partial charge >= 0.3 is 0 Å². The molecule has 3 rings (SSSR count). The van der Waals surface area contributed by atoms with Gasteiger partial charge < -0.3 is 18.5 Å². The summed E-state index contributed by atoms with van der Waals surface area (Å²) >= 11 is 4.58. The second-order valence-electron chi connectivity index (χ2n) is 5.67. The van der Waals surface area contributed by atoms with E-state index in [9.17, 15) is 4.79 Å². The second-order valence-corrected chi connectivity index (χ2v) is 7.51. The highest BCUT2D eigenvalue weighted by molar-refractivity contribution is 9.10. The van der Waals surface area contributed by atoms with E-state index >= 15 is 0 Å². The number of thioether (sulfide) groups is 1. The number of likely N-dealkylation sites (N-methyl/N-ethyl adjacent to an activating group) is 1. The van der Waals surface area contributed by atoms with Crippen LogP contribution in [0.15, 0.2) is 55.1 Å². The smallest absolute Gasteiger partial charge is 0.277 e. The zero-order chi connectivity index (χ0) is 19.2. The highest BCUT2D eigenvalue weighted by Crippen LogP contribution is 2.26. The molecular formula is C18H18BrN3O4S. The summed E-state index contributed by atoms with van der Waals surface area (Å²) < 4.78 is 17.4. The minimum atomic E-state index is -0.0429. The van der Waals surface area contributed by atoms with Gasteiger partial charge in [-0.1, -0.05) is 27.7 Å². The monoisotopic (exact) mass is 451 g/mol. The first-order valence-corrected chi connectivity index (χ1v) is 9.94. The molecule has 0 saturated carbocycles. The number of furan rings is 1. The Morgan fingerprint density at radius 1 is 1.26 bits per heavy atom. The largest absolute Gasteiger partial charge is 0.492 e. The lowest BCUT2D eigenvalue weighted by atomic mass is 10.3. The van der Waals surface area contributed by atoms with Gasteiger partial charge in [0.2, 0.25) is 5.91 Å². The molecule has 2 heterocycles. The van der Waals surface area contributed by atoms with Crippen LogP contribution in [0.5, 0.6) is 5.75 Å². The average molecular weight is 452 g/mol. The minimum absolute atomic E-state index is 0.0429. The van der Waals surface area contributed by atoms with Crippen LogP contribution in [0.1, 0.15) is 5.76 Å². The number of carbonyl (C=O) groups excluding carboxylic acids is 1. The van der Waals surface area contributed by atoms with Crippen LogP contribution in [0.4, 0.5) is 0 Å². The Bertz CT molecular complexity index is 894. The predicted molar refractivity (Wildman–Crippen MR) is 105 cm³/mol. The summed E-state index contributed by atoms with van der Waals surface area (Å²) in [7, 11) is 1.74. The van der Waals surface area contributed by atoms with Gasteiger partial charge in [-0.25, -0.2) is 0 Å². The van der Waals surface area contributed by atoms with Crippen molar-refractivity contribution in [2.45, 2.75) is 12.1 Å². The van der Waals surface area contributed by atoms with Gasteiger partial charge in [0.15, 0.2) is 0 Å². The summed E-state index contributed by atoms with van der Waals surface area (Å²) in [5.74, 6) is 2.02. The number of benzene rings is 1. The quantitative estimate of drug-likeness (QED) is 0.478. The second kappa shape index (κ2) is 9.09. The zero-order valence-corrected chi connectivity index (χ0v) is 17.2. The van der Waals surface area contributed by atoms with E-state index in [2.05, 4.69) is 26.1 Å². The number of amides is 1. The van der Waals surface area contributed by atoms with Crippen molar-refractivity contribution in [3.8, 4) is 17.2 Å². The molecule has 3 aromatic rings. The molecule has 0 aliphatic carbocycles. The molecule has 9 heteroatoms. The fraction of sp³-hybridized carbons (Fsp3) is 0.278. The number of carbonyl (C=O) groups is 1. The van der Waals surface area contributed by atoms with Gasteiger partial charge in [-0.3, -0.25) is 4.79 Å². The molecule has 0 bridgehead atoms. The Balaban J connectivity index is 1.43. The van der Waals surface area contributed by atoms with Crippen LogP contribution >= 0.6 is 27.7 Å². The standard InChI is InChI=1S/C18H18BrN3O4S/c1-12-15(7-9-24-12)17-20-21-18(26-17)27-11-16(23)22(2)8-10-25-14-5-3-13(19)4-6-14/h3-7,9H,8,10-11H2,1-2H3. The van der Waals surface area contributed by atoms with Gasteiger partial charge in [0.1, 0.15) is 18.1 Å². The topological polar surface area (TPSA) is 81.6 Å². The average Bonchev–Trinajstić information content (AvgIpc) is 3.29. The first-order chi connectivity index (χ1) is 13.0. The summed E-state index contributed by atoms with van der Waals surface area (Å²) in [6.07, 6.45) is 1.57. The molecule has 0 unspecified atom stereocenters. The third-order valence-electron chi connectivity index (χ3n) is 3.75. The zero-order valence-electron chi connectivity index (χ0n) is 14.8. The maximum absolute atomic E-state index is 12.2. The van der Waals surface area contributed by atoms with E-state index in [1.54, 1.807) is 24.3 Å². The Hall–Kier alpha value is -2.26. The van der Waals surface area contributed by atoms with Gasteiger partial charge in [0, 0.05) is 11.5 Å². The molecule has 1 aromatic carbocycles. The third-order valence-corrected chi connectivity index (χ3v) is 5.08. The number of aromatic nitrogens is 2. The molecule has 0 atom stereocenters. The van der Waals surface area contributed by atoms with Crippen LogP contribution in [0, 0.1) is 6.92 Å². The molecule has 2 aromatic heterocycles. The Kier molecular flexibility index (Phi) is 6.57. The molecule has 0 fully saturated rings.